The quantitative estimate of drug-likeness (QED) is 0.789. The van der Waals surface area contributed by atoms with Crippen LogP contribution in [0, 0.1) is 5.92 Å². The Kier molecular flexibility index (Phi) is 3.02. The van der Waals surface area contributed by atoms with Crippen LogP contribution in [0.3, 0.4) is 0 Å². The number of aromatic nitrogens is 3. The van der Waals surface area contributed by atoms with E-state index in [1.54, 1.807) is 7.11 Å². The Morgan fingerprint density at radius 3 is 3.07 bits per heavy atom. The van der Waals surface area contributed by atoms with Gasteiger partial charge < -0.3 is 15.0 Å². The fraction of sp³-hybridized carbons (Fsp3) is 0.800. The number of hydrogen-bond donors (Lipinski definition) is 1. The van der Waals surface area contributed by atoms with Crippen molar-refractivity contribution in [2.24, 2.45) is 11.7 Å². The predicted octanol–water partition coefficient (Wildman–Crippen LogP) is 0.507. The summed E-state index contributed by atoms with van der Waals surface area (Å²) in [5, 5.41) is 8.38. The first kappa shape index (κ1) is 10.6. The molecule has 2 heterocycles. The van der Waals surface area contributed by atoms with E-state index in [2.05, 4.69) is 21.7 Å². The van der Waals surface area contributed by atoms with Crippen LogP contribution < -0.4 is 5.73 Å². The molecule has 0 aliphatic carbocycles. The van der Waals surface area contributed by atoms with E-state index in [-0.39, 0.29) is 6.10 Å². The van der Waals surface area contributed by atoms with Crippen molar-refractivity contribution < 1.29 is 4.74 Å². The molecular formula is C10H18N4O. The molecule has 2 unspecified atom stereocenters. The molecule has 0 fully saturated rings. The van der Waals surface area contributed by atoms with Crippen LogP contribution in [0.1, 0.15) is 31.1 Å². The van der Waals surface area contributed by atoms with Crippen LogP contribution in [0.4, 0.5) is 0 Å². The van der Waals surface area contributed by atoms with Crippen molar-refractivity contribution in [2.45, 2.75) is 32.4 Å². The molecule has 2 N–H and O–H groups in total. The van der Waals surface area contributed by atoms with Gasteiger partial charge in [-0.1, -0.05) is 6.92 Å². The van der Waals surface area contributed by atoms with Crippen LogP contribution in [0.15, 0.2) is 0 Å². The summed E-state index contributed by atoms with van der Waals surface area (Å²) in [4.78, 5) is 0. The summed E-state index contributed by atoms with van der Waals surface area (Å²) in [7, 11) is 1.66. The van der Waals surface area contributed by atoms with E-state index in [1.165, 1.54) is 6.42 Å². The molecule has 0 amide bonds. The summed E-state index contributed by atoms with van der Waals surface area (Å²) >= 11 is 0. The fourth-order valence-electron chi connectivity index (χ4n) is 2.05. The summed E-state index contributed by atoms with van der Waals surface area (Å²) < 4.78 is 7.44. The van der Waals surface area contributed by atoms with Crippen molar-refractivity contribution in [1.82, 2.24) is 14.8 Å². The monoisotopic (exact) mass is 210 g/mol. The Hall–Kier alpha value is -0.940. The number of fused-ring (bicyclic) bond motifs is 1. The SMILES string of the molecule is COC(CN)c1nnc2n1CCC(C)C2. The molecule has 15 heavy (non-hydrogen) atoms. The molecule has 0 spiro atoms. The molecule has 5 heteroatoms. The molecule has 0 aromatic carbocycles. The molecule has 0 saturated carbocycles. The molecule has 2 rings (SSSR count). The van der Waals surface area contributed by atoms with Crippen LogP contribution >= 0.6 is 0 Å². The first-order valence-corrected chi connectivity index (χ1v) is 5.41. The number of rotatable bonds is 3. The van der Waals surface area contributed by atoms with Gasteiger partial charge in [0.1, 0.15) is 11.9 Å². The lowest BCUT2D eigenvalue weighted by Crippen LogP contribution is -2.23. The number of nitrogens with zero attached hydrogens (tertiary/aromatic N) is 3. The first-order valence-electron chi connectivity index (χ1n) is 5.41. The van der Waals surface area contributed by atoms with E-state index in [0.29, 0.717) is 12.5 Å². The minimum absolute atomic E-state index is 0.125. The molecule has 1 aliphatic heterocycles. The van der Waals surface area contributed by atoms with Crippen LogP contribution in [-0.4, -0.2) is 28.4 Å². The summed E-state index contributed by atoms with van der Waals surface area (Å²) in [5.74, 6) is 2.65. The highest BCUT2D eigenvalue weighted by molar-refractivity contribution is 5.03. The molecule has 2 atom stereocenters. The minimum atomic E-state index is -0.125. The molecule has 1 aromatic heterocycles. The Balaban J connectivity index is 2.27. The van der Waals surface area contributed by atoms with Crippen molar-refractivity contribution in [1.29, 1.82) is 0 Å². The highest BCUT2D eigenvalue weighted by atomic mass is 16.5. The van der Waals surface area contributed by atoms with Crippen molar-refractivity contribution in [3.05, 3.63) is 11.6 Å². The second-order valence-electron chi connectivity index (χ2n) is 4.18. The van der Waals surface area contributed by atoms with Crippen LogP contribution in [-0.2, 0) is 17.7 Å². The summed E-state index contributed by atoms with van der Waals surface area (Å²) in [6.07, 6.45) is 2.06. The van der Waals surface area contributed by atoms with Crippen molar-refractivity contribution in [2.75, 3.05) is 13.7 Å². The summed E-state index contributed by atoms with van der Waals surface area (Å²) in [5.41, 5.74) is 5.63. The van der Waals surface area contributed by atoms with Crippen LogP contribution in [0.2, 0.25) is 0 Å². The number of ether oxygens (including phenoxy) is 1. The van der Waals surface area contributed by atoms with Gasteiger partial charge in [-0.3, -0.25) is 0 Å². The molecule has 1 aromatic rings. The van der Waals surface area contributed by atoms with Gasteiger partial charge >= 0.3 is 0 Å². The second kappa shape index (κ2) is 4.28. The van der Waals surface area contributed by atoms with Gasteiger partial charge in [-0.05, 0) is 12.3 Å². The average molecular weight is 210 g/mol. The van der Waals surface area contributed by atoms with Crippen molar-refractivity contribution in [3.8, 4) is 0 Å². The lowest BCUT2D eigenvalue weighted by atomic mass is 10.0. The second-order valence-corrected chi connectivity index (χ2v) is 4.18. The summed E-state index contributed by atoms with van der Waals surface area (Å²) in [6, 6.07) is 0. The molecule has 84 valence electrons. The zero-order valence-electron chi connectivity index (χ0n) is 9.31. The molecular weight excluding hydrogens is 192 g/mol. The largest absolute Gasteiger partial charge is 0.372 e. The third kappa shape index (κ3) is 1.89. The maximum absolute atomic E-state index is 5.63. The predicted molar refractivity (Wildman–Crippen MR) is 56.3 cm³/mol. The van der Waals surface area contributed by atoms with E-state index in [0.717, 1.165) is 24.6 Å². The summed E-state index contributed by atoms with van der Waals surface area (Å²) in [6.45, 7) is 3.68. The van der Waals surface area contributed by atoms with E-state index >= 15 is 0 Å². The molecule has 1 aliphatic rings. The fourth-order valence-corrected chi connectivity index (χ4v) is 2.05. The number of hydrogen-bond acceptors (Lipinski definition) is 4. The Morgan fingerprint density at radius 1 is 1.60 bits per heavy atom. The van der Waals surface area contributed by atoms with Gasteiger partial charge in [0, 0.05) is 26.6 Å². The van der Waals surface area contributed by atoms with E-state index in [9.17, 15) is 0 Å². The lowest BCUT2D eigenvalue weighted by molar-refractivity contribution is 0.0982. The topological polar surface area (TPSA) is 66.0 Å². The highest BCUT2D eigenvalue weighted by Crippen LogP contribution is 2.23. The highest BCUT2D eigenvalue weighted by Gasteiger charge is 2.24. The number of methoxy groups -OCH3 is 1. The van der Waals surface area contributed by atoms with Crippen molar-refractivity contribution in [3.63, 3.8) is 0 Å². The Bertz CT molecular complexity index is 332. The lowest BCUT2D eigenvalue weighted by Gasteiger charge is -2.22. The molecule has 0 radical (unpaired) electrons. The van der Waals surface area contributed by atoms with E-state index in [4.69, 9.17) is 10.5 Å². The molecule has 0 bridgehead atoms. The van der Waals surface area contributed by atoms with Gasteiger partial charge in [0.15, 0.2) is 5.82 Å². The van der Waals surface area contributed by atoms with Gasteiger partial charge in [-0.15, -0.1) is 10.2 Å². The van der Waals surface area contributed by atoms with Gasteiger partial charge in [0.05, 0.1) is 0 Å². The number of nitrogens with two attached hydrogens (primary N) is 1. The van der Waals surface area contributed by atoms with Crippen molar-refractivity contribution >= 4 is 0 Å². The third-order valence-electron chi connectivity index (χ3n) is 3.02. The Morgan fingerprint density at radius 2 is 2.40 bits per heavy atom. The van der Waals surface area contributed by atoms with Gasteiger partial charge in [-0.25, -0.2) is 0 Å². The maximum Gasteiger partial charge on any atom is 0.163 e. The maximum atomic E-state index is 5.63. The molecule has 5 nitrogen and oxygen atoms in total. The average Bonchev–Trinajstić information content (AvgIpc) is 2.63. The zero-order valence-corrected chi connectivity index (χ0v) is 9.31. The van der Waals surface area contributed by atoms with Crippen LogP contribution in [0.25, 0.3) is 0 Å². The van der Waals surface area contributed by atoms with Crippen LogP contribution in [0.5, 0.6) is 0 Å². The Labute approximate surface area is 89.6 Å². The smallest absolute Gasteiger partial charge is 0.163 e. The van der Waals surface area contributed by atoms with Gasteiger partial charge in [-0.2, -0.15) is 0 Å². The van der Waals surface area contributed by atoms with E-state index in [1.807, 2.05) is 0 Å². The van der Waals surface area contributed by atoms with Gasteiger partial charge in [0.2, 0.25) is 0 Å². The molecule has 0 saturated heterocycles. The van der Waals surface area contributed by atoms with E-state index < -0.39 is 0 Å². The normalized spacial score (nSPS) is 22.5. The minimum Gasteiger partial charge on any atom is -0.372 e. The van der Waals surface area contributed by atoms with Gasteiger partial charge in [0.25, 0.3) is 0 Å². The first-order chi connectivity index (χ1) is 7.26. The standard InChI is InChI=1S/C10H18N4O/c1-7-3-4-14-9(5-7)12-13-10(14)8(6-11)15-2/h7-8H,3-6,11H2,1-2H3. The zero-order chi connectivity index (χ0) is 10.8. The third-order valence-corrected chi connectivity index (χ3v) is 3.02.